The van der Waals surface area contributed by atoms with Crippen LogP contribution >= 0.6 is 11.5 Å². The first-order valence-electron chi connectivity index (χ1n) is 3.42. The van der Waals surface area contributed by atoms with E-state index >= 15 is 0 Å². The van der Waals surface area contributed by atoms with Crippen LogP contribution in [0.25, 0.3) is 10.4 Å². The monoisotopic (exact) mass is 178 g/mol. The summed E-state index contributed by atoms with van der Waals surface area (Å²) in [6, 6.07) is 3.68. The summed E-state index contributed by atoms with van der Waals surface area (Å²) in [5.41, 5.74) is 0.949. The Labute approximate surface area is 73.5 Å². The molecule has 0 saturated heterocycles. The Kier molecular flexibility index (Phi) is 1.75. The predicted molar refractivity (Wildman–Crippen MR) is 47.0 cm³/mol. The highest BCUT2D eigenvalue weighted by Gasteiger charge is 2.05. The normalized spacial score (nSPS) is 10.0. The molecule has 12 heavy (non-hydrogen) atoms. The van der Waals surface area contributed by atoms with Gasteiger partial charge in [0.1, 0.15) is 0 Å². The maximum atomic E-state index is 9.33. The van der Waals surface area contributed by atoms with Gasteiger partial charge in [0.25, 0.3) is 0 Å². The number of hydrogen-bond donors (Lipinski definition) is 1. The molecule has 0 bridgehead atoms. The summed E-state index contributed by atoms with van der Waals surface area (Å²) in [5.74, 6) is 0.228. The second-order valence-electron chi connectivity index (χ2n) is 2.28. The number of aromatic nitrogens is 2. The number of aromatic hydroxyl groups is 1. The maximum absolute atomic E-state index is 9.33. The summed E-state index contributed by atoms with van der Waals surface area (Å²) in [6.07, 6.45) is 4.82. The van der Waals surface area contributed by atoms with Gasteiger partial charge < -0.3 is 5.11 Å². The molecule has 0 aliphatic rings. The predicted octanol–water partition coefficient (Wildman–Crippen LogP) is 1.91. The molecule has 0 aromatic carbocycles. The summed E-state index contributed by atoms with van der Waals surface area (Å²) >= 11 is 1.27. The standard InChI is InChI=1S/C8H6N2OS/c11-7-5-10-12-8(7)6-1-3-9-4-2-6/h1-5,11H. The van der Waals surface area contributed by atoms with Crippen molar-refractivity contribution in [2.45, 2.75) is 0 Å². The van der Waals surface area contributed by atoms with Crippen LogP contribution in [0.15, 0.2) is 30.7 Å². The van der Waals surface area contributed by atoms with E-state index in [-0.39, 0.29) is 5.75 Å². The molecule has 1 N–H and O–H groups in total. The van der Waals surface area contributed by atoms with Gasteiger partial charge in [0.2, 0.25) is 0 Å². The molecule has 3 nitrogen and oxygen atoms in total. The zero-order chi connectivity index (χ0) is 8.39. The topological polar surface area (TPSA) is 46.0 Å². The molecule has 2 aromatic rings. The second-order valence-corrected chi connectivity index (χ2v) is 3.08. The van der Waals surface area contributed by atoms with Gasteiger partial charge in [0.05, 0.1) is 11.1 Å². The van der Waals surface area contributed by atoms with Crippen molar-refractivity contribution in [3.8, 4) is 16.2 Å². The van der Waals surface area contributed by atoms with E-state index < -0.39 is 0 Å². The van der Waals surface area contributed by atoms with Crippen LogP contribution in [0, 0.1) is 0 Å². The lowest BCUT2D eigenvalue weighted by molar-refractivity contribution is 0.478. The van der Waals surface area contributed by atoms with E-state index in [0.717, 1.165) is 10.4 Å². The molecule has 2 heterocycles. The molecular formula is C8H6N2OS. The molecule has 0 spiro atoms. The van der Waals surface area contributed by atoms with Crippen molar-refractivity contribution in [1.29, 1.82) is 0 Å². The van der Waals surface area contributed by atoms with Crippen LogP contribution in [0.5, 0.6) is 5.75 Å². The molecule has 4 heteroatoms. The summed E-state index contributed by atoms with van der Waals surface area (Å²) in [7, 11) is 0. The molecule has 0 saturated carbocycles. The summed E-state index contributed by atoms with van der Waals surface area (Å²) in [4.78, 5) is 4.68. The molecule has 60 valence electrons. The van der Waals surface area contributed by atoms with Crippen LogP contribution in [0.1, 0.15) is 0 Å². The van der Waals surface area contributed by atoms with Crippen LogP contribution in [0.3, 0.4) is 0 Å². The van der Waals surface area contributed by atoms with Gasteiger partial charge in [-0.3, -0.25) is 4.98 Å². The quantitative estimate of drug-likeness (QED) is 0.725. The Hall–Kier alpha value is -1.42. The fourth-order valence-electron chi connectivity index (χ4n) is 0.938. The van der Waals surface area contributed by atoms with Crippen molar-refractivity contribution in [2.75, 3.05) is 0 Å². The summed E-state index contributed by atoms with van der Waals surface area (Å²) in [5, 5.41) is 9.33. The largest absolute Gasteiger partial charge is 0.505 e. The summed E-state index contributed by atoms with van der Waals surface area (Å²) < 4.78 is 3.87. The zero-order valence-electron chi connectivity index (χ0n) is 6.14. The van der Waals surface area contributed by atoms with Gasteiger partial charge in [-0.2, -0.15) is 4.37 Å². The van der Waals surface area contributed by atoms with E-state index in [1.165, 1.54) is 17.7 Å². The lowest BCUT2D eigenvalue weighted by Crippen LogP contribution is -1.73. The van der Waals surface area contributed by atoms with Crippen molar-refractivity contribution in [3.63, 3.8) is 0 Å². The van der Waals surface area contributed by atoms with Crippen LogP contribution in [-0.4, -0.2) is 14.5 Å². The van der Waals surface area contributed by atoms with Crippen molar-refractivity contribution in [3.05, 3.63) is 30.7 Å². The molecule has 0 aliphatic heterocycles. The molecule has 0 fully saturated rings. The van der Waals surface area contributed by atoms with Gasteiger partial charge in [-0.15, -0.1) is 0 Å². The third-order valence-corrected chi connectivity index (χ3v) is 2.33. The van der Waals surface area contributed by atoms with Crippen LogP contribution in [0.2, 0.25) is 0 Å². The Morgan fingerprint density at radius 2 is 2.00 bits per heavy atom. The molecule has 0 amide bonds. The maximum Gasteiger partial charge on any atom is 0.154 e. The van der Waals surface area contributed by atoms with Gasteiger partial charge in [0, 0.05) is 18.0 Å². The smallest absolute Gasteiger partial charge is 0.154 e. The highest BCUT2D eigenvalue weighted by Crippen LogP contribution is 2.31. The van der Waals surface area contributed by atoms with E-state index in [4.69, 9.17) is 0 Å². The fraction of sp³-hybridized carbons (Fsp3) is 0. The highest BCUT2D eigenvalue weighted by atomic mass is 32.1. The minimum Gasteiger partial charge on any atom is -0.505 e. The lowest BCUT2D eigenvalue weighted by atomic mass is 10.2. The first-order chi connectivity index (χ1) is 5.88. The molecule has 2 aromatic heterocycles. The molecular weight excluding hydrogens is 172 g/mol. The molecule has 0 unspecified atom stereocenters. The minimum absolute atomic E-state index is 0.228. The van der Waals surface area contributed by atoms with Crippen LogP contribution < -0.4 is 0 Å². The number of nitrogens with zero attached hydrogens (tertiary/aromatic N) is 2. The van der Waals surface area contributed by atoms with Crippen molar-refractivity contribution >= 4 is 11.5 Å². The second kappa shape index (κ2) is 2.91. The van der Waals surface area contributed by atoms with Crippen LogP contribution in [-0.2, 0) is 0 Å². The number of hydrogen-bond acceptors (Lipinski definition) is 4. The van der Waals surface area contributed by atoms with Crippen molar-refractivity contribution in [2.24, 2.45) is 0 Å². The number of rotatable bonds is 1. The average molecular weight is 178 g/mol. The Balaban J connectivity index is 2.51. The van der Waals surface area contributed by atoms with E-state index in [1.54, 1.807) is 12.4 Å². The third-order valence-electron chi connectivity index (χ3n) is 1.49. The van der Waals surface area contributed by atoms with E-state index in [0.29, 0.717) is 0 Å². The molecule has 0 radical (unpaired) electrons. The van der Waals surface area contributed by atoms with Gasteiger partial charge in [0.15, 0.2) is 5.75 Å². The SMILES string of the molecule is Oc1cnsc1-c1ccncc1. The van der Waals surface area contributed by atoms with E-state index in [2.05, 4.69) is 9.36 Å². The van der Waals surface area contributed by atoms with Gasteiger partial charge in [-0.05, 0) is 23.7 Å². The third kappa shape index (κ3) is 1.16. The lowest BCUT2D eigenvalue weighted by Gasteiger charge is -1.94. The van der Waals surface area contributed by atoms with Gasteiger partial charge >= 0.3 is 0 Å². The molecule has 0 atom stereocenters. The Bertz CT molecular complexity index is 372. The van der Waals surface area contributed by atoms with E-state index in [9.17, 15) is 5.11 Å². The number of pyridine rings is 1. The first-order valence-corrected chi connectivity index (χ1v) is 4.19. The minimum atomic E-state index is 0.228. The molecule has 0 aliphatic carbocycles. The van der Waals surface area contributed by atoms with Gasteiger partial charge in [-0.25, -0.2) is 0 Å². The van der Waals surface area contributed by atoms with Crippen LogP contribution in [0.4, 0.5) is 0 Å². The summed E-state index contributed by atoms with van der Waals surface area (Å²) in [6.45, 7) is 0. The van der Waals surface area contributed by atoms with E-state index in [1.807, 2.05) is 12.1 Å². The first kappa shape index (κ1) is 7.24. The molecule has 2 rings (SSSR count). The highest BCUT2D eigenvalue weighted by molar-refractivity contribution is 7.10. The Morgan fingerprint density at radius 1 is 1.25 bits per heavy atom. The fourth-order valence-corrected chi connectivity index (χ4v) is 1.58. The van der Waals surface area contributed by atoms with Crippen molar-refractivity contribution < 1.29 is 5.11 Å². The zero-order valence-corrected chi connectivity index (χ0v) is 6.95. The van der Waals surface area contributed by atoms with Gasteiger partial charge in [-0.1, -0.05) is 0 Å². The van der Waals surface area contributed by atoms with Crippen molar-refractivity contribution in [1.82, 2.24) is 9.36 Å². The average Bonchev–Trinajstić information content (AvgIpc) is 2.53. The Morgan fingerprint density at radius 3 is 2.58 bits per heavy atom.